The molecule has 190 valence electrons. The largest absolute Gasteiger partial charge is 0.292 e. The van der Waals surface area contributed by atoms with Crippen molar-refractivity contribution in [2.24, 2.45) is 0 Å². The summed E-state index contributed by atoms with van der Waals surface area (Å²) in [6.07, 6.45) is 0. The lowest BCUT2D eigenvalue weighted by molar-refractivity contribution is 1.11. The third-order valence-corrected chi connectivity index (χ3v) is 8.54. The molecule has 8 aromatic carbocycles. The molecule has 0 fully saturated rings. The van der Waals surface area contributed by atoms with Crippen LogP contribution in [0.25, 0.3) is 82.0 Å². The molecule has 1 aromatic heterocycles. The van der Waals surface area contributed by atoms with Crippen LogP contribution >= 0.6 is 0 Å². The Bertz CT molecular complexity index is 2470. The summed E-state index contributed by atoms with van der Waals surface area (Å²) in [6, 6.07) is 52.5. The fourth-order valence-electron chi connectivity index (χ4n) is 6.84. The van der Waals surface area contributed by atoms with E-state index in [4.69, 9.17) is 4.98 Å². The van der Waals surface area contributed by atoms with E-state index in [0.717, 1.165) is 28.1 Å². The number of rotatable bonds is 2. The highest BCUT2D eigenvalue weighted by Crippen LogP contribution is 2.43. The molecular weight excluding hydrogens is 496 g/mol. The first kappa shape index (κ1) is 22.4. The number of fused-ring (bicyclic) bond motifs is 6. The van der Waals surface area contributed by atoms with Crippen LogP contribution in [0.4, 0.5) is 0 Å². The summed E-state index contributed by atoms with van der Waals surface area (Å²) in [5.74, 6) is 0.947. The van der Waals surface area contributed by atoms with Gasteiger partial charge in [-0.2, -0.15) is 0 Å². The molecule has 2 heteroatoms. The van der Waals surface area contributed by atoms with Crippen LogP contribution in [0.1, 0.15) is 0 Å². The molecule has 0 aliphatic heterocycles. The molecule has 41 heavy (non-hydrogen) atoms. The van der Waals surface area contributed by atoms with Crippen LogP contribution in [-0.4, -0.2) is 9.55 Å². The van der Waals surface area contributed by atoms with E-state index in [-0.39, 0.29) is 0 Å². The third kappa shape index (κ3) is 3.16. The number of hydrogen-bond donors (Lipinski definition) is 0. The van der Waals surface area contributed by atoms with E-state index < -0.39 is 0 Å². The first-order valence-corrected chi connectivity index (χ1v) is 14.1. The summed E-state index contributed by atoms with van der Waals surface area (Å²) < 4.78 is 2.31. The van der Waals surface area contributed by atoms with Crippen molar-refractivity contribution in [3.63, 3.8) is 0 Å². The summed E-state index contributed by atoms with van der Waals surface area (Å²) >= 11 is 0. The minimum absolute atomic E-state index is 0.947. The maximum absolute atomic E-state index is 5.29. The second-order valence-corrected chi connectivity index (χ2v) is 10.7. The maximum Gasteiger partial charge on any atom is 0.146 e. The van der Waals surface area contributed by atoms with Crippen molar-refractivity contribution in [3.8, 4) is 17.1 Å². The van der Waals surface area contributed by atoms with Crippen molar-refractivity contribution in [2.45, 2.75) is 0 Å². The lowest BCUT2D eigenvalue weighted by Crippen LogP contribution is -1.98. The standard InChI is InChI=1S/C39H24N2/c1-2-13-27(14-3-1)41-35-22-7-6-21-34(35)40-39(41)33-20-10-19-32-31-18-9-12-26-24-23-25-11-8-17-29(36(25)37(26)31)28-15-4-5-16-30(28)38(32)33/h1-24H. The van der Waals surface area contributed by atoms with E-state index in [1.165, 1.54) is 53.9 Å². The zero-order chi connectivity index (χ0) is 26.9. The number of imidazole rings is 1. The first-order valence-electron chi connectivity index (χ1n) is 14.1. The van der Waals surface area contributed by atoms with E-state index >= 15 is 0 Å². The normalized spacial score (nSPS) is 11.9. The van der Waals surface area contributed by atoms with Gasteiger partial charge in [-0.25, -0.2) is 4.98 Å². The fourth-order valence-corrected chi connectivity index (χ4v) is 6.84. The molecule has 0 saturated carbocycles. The quantitative estimate of drug-likeness (QED) is 0.207. The number of nitrogens with zero attached hydrogens (tertiary/aromatic N) is 2. The minimum atomic E-state index is 0.947. The zero-order valence-corrected chi connectivity index (χ0v) is 22.3. The van der Waals surface area contributed by atoms with E-state index in [2.05, 4.69) is 150 Å². The van der Waals surface area contributed by atoms with Gasteiger partial charge in [0.15, 0.2) is 0 Å². The molecule has 0 N–H and O–H groups in total. The van der Waals surface area contributed by atoms with Crippen molar-refractivity contribution in [2.75, 3.05) is 0 Å². The van der Waals surface area contributed by atoms with Crippen LogP contribution in [0.5, 0.6) is 0 Å². The fraction of sp³-hybridized carbons (Fsp3) is 0. The van der Waals surface area contributed by atoms with Gasteiger partial charge in [0.2, 0.25) is 0 Å². The number of benzene rings is 7. The van der Waals surface area contributed by atoms with Crippen molar-refractivity contribution in [1.82, 2.24) is 9.55 Å². The first-order chi connectivity index (χ1) is 20.4. The van der Waals surface area contributed by atoms with Gasteiger partial charge in [0.05, 0.1) is 11.0 Å². The van der Waals surface area contributed by atoms with Gasteiger partial charge in [0.1, 0.15) is 5.82 Å². The molecule has 0 spiro atoms. The Labute approximate surface area is 236 Å². The summed E-state index contributed by atoms with van der Waals surface area (Å²) in [6.45, 7) is 0. The second-order valence-electron chi connectivity index (χ2n) is 10.7. The third-order valence-electron chi connectivity index (χ3n) is 8.54. The monoisotopic (exact) mass is 520 g/mol. The number of hydrogen-bond acceptors (Lipinski definition) is 1. The molecular formula is C39H24N2. The Balaban J connectivity index is 1.58. The highest BCUT2D eigenvalue weighted by Gasteiger charge is 2.19. The van der Waals surface area contributed by atoms with Crippen molar-refractivity contribution >= 4 is 64.9 Å². The number of aromatic nitrogens is 2. The maximum atomic E-state index is 5.29. The molecule has 0 aliphatic rings. The highest BCUT2D eigenvalue weighted by molar-refractivity contribution is 6.33. The molecule has 9 rings (SSSR count). The molecule has 9 aromatic rings. The van der Waals surface area contributed by atoms with E-state index in [0.29, 0.717) is 0 Å². The highest BCUT2D eigenvalue weighted by atomic mass is 15.1. The Morgan fingerprint density at radius 1 is 0.390 bits per heavy atom. The van der Waals surface area contributed by atoms with Crippen LogP contribution in [-0.2, 0) is 0 Å². The minimum Gasteiger partial charge on any atom is -0.292 e. The van der Waals surface area contributed by atoms with Crippen LogP contribution in [0.15, 0.2) is 146 Å². The summed E-state index contributed by atoms with van der Waals surface area (Å²) in [5, 5.41) is 12.6. The molecule has 0 atom stereocenters. The van der Waals surface area contributed by atoms with Crippen LogP contribution in [0.2, 0.25) is 0 Å². The molecule has 0 radical (unpaired) electrons. The Kier molecular flexibility index (Phi) is 4.64. The van der Waals surface area contributed by atoms with Crippen LogP contribution < -0.4 is 0 Å². The van der Waals surface area contributed by atoms with Crippen molar-refractivity contribution in [3.05, 3.63) is 146 Å². The van der Waals surface area contributed by atoms with Crippen molar-refractivity contribution in [1.29, 1.82) is 0 Å². The number of para-hydroxylation sites is 3. The average molecular weight is 521 g/mol. The molecule has 0 saturated heterocycles. The Morgan fingerprint density at radius 2 is 0.927 bits per heavy atom. The van der Waals surface area contributed by atoms with Gasteiger partial charge < -0.3 is 0 Å². The predicted molar refractivity (Wildman–Crippen MR) is 174 cm³/mol. The van der Waals surface area contributed by atoms with E-state index in [1.807, 2.05) is 0 Å². The van der Waals surface area contributed by atoms with Gasteiger partial charge in [-0.15, -0.1) is 0 Å². The summed E-state index contributed by atoms with van der Waals surface area (Å²) in [7, 11) is 0. The summed E-state index contributed by atoms with van der Waals surface area (Å²) in [5.41, 5.74) is 4.31. The second kappa shape index (κ2) is 8.51. The molecule has 1 heterocycles. The van der Waals surface area contributed by atoms with Gasteiger partial charge in [0.25, 0.3) is 0 Å². The topological polar surface area (TPSA) is 17.8 Å². The average Bonchev–Trinajstić information content (AvgIpc) is 3.43. The van der Waals surface area contributed by atoms with Gasteiger partial charge in [0, 0.05) is 16.6 Å². The molecule has 0 unspecified atom stereocenters. The summed E-state index contributed by atoms with van der Waals surface area (Å²) in [4.78, 5) is 5.29. The molecule has 0 aliphatic carbocycles. The molecule has 0 amide bonds. The zero-order valence-electron chi connectivity index (χ0n) is 22.3. The predicted octanol–water partition coefficient (Wildman–Crippen LogP) is 10.5. The van der Waals surface area contributed by atoms with Gasteiger partial charge in [-0.05, 0) is 72.7 Å². The lowest BCUT2D eigenvalue weighted by atomic mass is 9.89. The molecule has 2 nitrogen and oxygen atoms in total. The van der Waals surface area contributed by atoms with Crippen molar-refractivity contribution < 1.29 is 0 Å². The van der Waals surface area contributed by atoms with Crippen LogP contribution in [0.3, 0.4) is 0 Å². The SMILES string of the molecule is c1ccc(-n2c(-c3cccc4c5cccc6ccc7cccc(c8ccccc8c34)c7c65)nc3ccccc32)cc1. The lowest BCUT2D eigenvalue weighted by Gasteiger charge is -2.16. The Morgan fingerprint density at radius 3 is 1.68 bits per heavy atom. The van der Waals surface area contributed by atoms with E-state index in [1.54, 1.807) is 0 Å². The Hall–Kier alpha value is -5.47. The van der Waals surface area contributed by atoms with E-state index in [9.17, 15) is 0 Å². The van der Waals surface area contributed by atoms with Gasteiger partial charge in [-0.3, -0.25) is 4.57 Å². The van der Waals surface area contributed by atoms with Crippen LogP contribution in [0, 0.1) is 0 Å². The van der Waals surface area contributed by atoms with Gasteiger partial charge in [-0.1, -0.05) is 121 Å². The van der Waals surface area contributed by atoms with Gasteiger partial charge >= 0.3 is 0 Å². The smallest absolute Gasteiger partial charge is 0.146 e. The molecule has 0 bridgehead atoms.